The summed E-state index contributed by atoms with van der Waals surface area (Å²) in [7, 11) is 0. The molecule has 0 saturated heterocycles. The van der Waals surface area contributed by atoms with Crippen molar-refractivity contribution >= 4 is 11.6 Å². The van der Waals surface area contributed by atoms with E-state index in [9.17, 15) is 4.79 Å². The minimum atomic E-state index is 0. The van der Waals surface area contributed by atoms with E-state index in [0.29, 0.717) is 12.4 Å². The van der Waals surface area contributed by atoms with Gasteiger partial charge in [0.05, 0.1) is 6.54 Å². The largest absolute Gasteiger partial charge is 1.00 e. The normalized spacial score (nSPS) is 12.8. The molecule has 1 aliphatic rings. The average molecular weight is 358 g/mol. The number of fused-ring (bicyclic) bond motifs is 1. The number of aryl methyl sites for hydroxylation is 2. The molecule has 0 aliphatic carbocycles. The molecular weight excluding hydrogens is 340 g/mol. The van der Waals surface area contributed by atoms with E-state index in [2.05, 4.69) is 0 Å². The molecule has 0 spiro atoms. The summed E-state index contributed by atoms with van der Waals surface area (Å²) in [4.78, 5) is 14.4. The fraction of sp³-hybridized carbons (Fsp3) is 0.222. The van der Waals surface area contributed by atoms with E-state index >= 15 is 0 Å². The van der Waals surface area contributed by atoms with E-state index in [1.54, 1.807) is 0 Å². The molecule has 2 aromatic rings. The van der Waals surface area contributed by atoms with Crippen LogP contribution in [0.1, 0.15) is 32.6 Å². The molecule has 0 unspecified atom stereocenters. The van der Waals surface area contributed by atoms with Gasteiger partial charge in [-0.25, -0.2) is 0 Å². The van der Waals surface area contributed by atoms with E-state index in [0.717, 1.165) is 27.8 Å². The first-order valence-corrected chi connectivity index (χ1v) is 7.08. The van der Waals surface area contributed by atoms with E-state index < -0.39 is 0 Å². The van der Waals surface area contributed by atoms with Crippen LogP contribution in [0.15, 0.2) is 42.5 Å². The first-order chi connectivity index (χ1) is 10.1. The number of nitrogens with one attached hydrogen (secondary N) is 1. The Morgan fingerprint density at radius 2 is 1.91 bits per heavy atom. The quantitative estimate of drug-likeness (QED) is 0.804. The predicted molar refractivity (Wildman–Crippen MR) is 83.9 cm³/mol. The molecule has 1 aliphatic heterocycles. The van der Waals surface area contributed by atoms with E-state index in [4.69, 9.17) is 5.41 Å². The number of halogens is 1. The van der Waals surface area contributed by atoms with Crippen molar-refractivity contribution in [2.75, 3.05) is 6.54 Å². The molecule has 4 heteroatoms. The molecule has 1 N–H and O–H groups in total. The van der Waals surface area contributed by atoms with Gasteiger partial charge in [0.15, 0.2) is 5.78 Å². The topological polar surface area (TPSA) is 44.2 Å². The summed E-state index contributed by atoms with van der Waals surface area (Å²) in [6, 6.07) is 13.8. The van der Waals surface area contributed by atoms with Crippen LogP contribution < -0.4 is 17.0 Å². The number of rotatable bonds is 3. The summed E-state index contributed by atoms with van der Waals surface area (Å²) in [5.41, 5.74) is 4.90. The SMILES string of the molecule is Cc1ccc(C)c(C(=O)CN2Cc3ccccc3C2=N)c1.[Br-]. The van der Waals surface area contributed by atoms with Gasteiger partial charge in [-0.05, 0) is 31.0 Å². The number of benzene rings is 2. The minimum Gasteiger partial charge on any atom is -1.00 e. The van der Waals surface area contributed by atoms with Crippen molar-refractivity contribution in [2.24, 2.45) is 0 Å². The van der Waals surface area contributed by atoms with Crippen molar-refractivity contribution in [1.82, 2.24) is 4.90 Å². The Hall–Kier alpha value is -1.94. The second-order valence-electron chi connectivity index (χ2n) is 5.60. The number of carbonyl (C=O) groups is 1. The highest BCUT2D eigenvalue weighted by Gasteiger charge is 2.25. The average Bonchev–Trinajstić information content (AvgIpc) is 2.78. The van der Waals surface area contributed by atoms with Gasteiger partial charge < -0.3 is 21.9 Å². The number of amidine groups is 1. The molecule has 0 amide bonds. The highest BCUT2D eigenvalue weighted by atomic mass is 79.9. The summed E-state index contributed by atoms with van der Waals surface area (Å²) < 4.78 is 0. The predicted octanol–water partition coefficient (Wildman–Crippen LogP) is 0.331. The van der Waals surface area contributed by atoms with Crippen LogP contribution in [-0.2, 0) is 6.54 Å². The summed E-state index contributed by atoms with van der Waals surface area (Å²) in [6.45, 7) is 4.85. The van der Waals surface area contributed by atoms with Gasteiger partial charge in [0, 0.05) is 17.7 Å². The maximum Gasteiger partial charge on any atom is 0.182 e. The van der Waals surface area contributed by atoms with E-state index in [1.807, 2.05) is 61.2 Å². The second kappa shape index (κ2) is 6.44. The number of ketones is 1. The van der Waals surface area contributed by atoms with Crippen LogP contribution in [0.3, 0.4) is 0 Å². The lowest BCUT2D eigenvalue weighted by Gasteiger charge is -2.17. The number of Topliss-reactive ketones (excluding diaryl/α,β-unsaturated/α-hetero) is 1. The lowest BCUT2D eigenvalue weighted by Crippen LogP contribution is -3.00. The van der Waals surface area contributed by atoms with Gasteiger partial charge in [-0.15, -0.1) is 0 Å². The Morgan fingerprint density at radius 3 is 2.64 bits per heavy atom. The van der Waals surface area contributed by atoms with Gasteiger partial charge in [-0.3, -0.25) is 10.2 Å². The van der Waals surface area contributed by atoms with E-state index in [1.165, 1.54) is 0 Å². The lowest BCUT2D eigenvalue weighted by atomic mass is 10.0. The molecule has 22 heavy (non-hydrogen) atoms. The van der Waals surface area contributed by atoms with Gasteiger partial charge in [0.2, 0.25) is 0 Å². The fourth-order valence-electron chi connectivity index (χ4n) is 2.77. The Bertz CT molecular complexity index is 740. The van der Waals surface area contributed by atoms with Crippen molar-refractivity contribution in [1.29, 1.82) is 5.41 Å². The molecule has 3 nitrogen and oxygen atoms in total. The van der Waals surface area contributed by atoms with Crippen molar-refractivity contribution in [3.05, 3.63) is 70.3 Å². The van der Waals surface area contributed by atoms with Crippen LogP contribution in [0.4, 0.5) is 0 Å². The third-order valence-corrected chi connectivity index (χ3v) is 3.98. The Labute approximate surface area is 141 Å². The van der Waals surface area contributed by atoms with Gasteiger partial charge in [0.1, 0.15) is 5.84 Å². The number of hydrogen-bond donors (Lipinski definition) is 1. The van der Waals surface area contributed by atoms with Crippen LogP contribution in [0.2, 0.25) is 0 Å². The zero-order chi connectivity index (χ0) is 15.0. The second-order valence-corrected chi connectivity index (χ2v) is 5.60. The molecule has 0 radical (unpaired) electrons. The molecule has 2 aromatic carbocycles. The molecule has 0 atom stereocenters. The molecule has 3 rings (SSSR count). The molecule has 114 valence electrons. The standard InChI is InChI=1S/C18H18N2O.BrH/c1-12-7-8-13(2)16(9-12)17(21)11-20-10-14-5-3-4-6-15(14)18(20)19;/h3-9,19H,10-11H2,1-2H3;1H/p-1. The fourth-order valence-corrected chi connectivity index (χ4v) is 2.77. The van der Waals surface area contributed by atoms with Crippen molar-refractivity contribution in [2.45, 2.75) is 20.4 Å². The first kappa shape index (κ1) is 16.4. The molecule has 0 fully saturated rings. The summed E-state index contributed by atoms with van der Waals surface area (Å²) >= 11 is 0. The Morgan fingerprint density at radius 1 is 1.18 bits per heavy atom. The molecule has 0 bridgehead atoms. The summed E-state index contributed by atoms with van der Waals surface area (Å²) in [5, 5.41) is 8.21. The molecule has 1 heterocycles. The molecule has 0 saturated carbocycles. The van der Waals surface area contributed by atoms with Crippen LogP contribution in [0.25, 0.3) is 0 Å². The third-order valence-electron chi connectivity index (χ3n) is 3.98. The van der Waals surface area contributed by atoms with Crippen molar-refractivity contribution in [3.8, 4) is 0 Å². The lowest BCUT2D eigenvalue weighted by molar-refractivity contribution is -0.0000125. The Kier molecular flexibility index (Phi) is 4.81. The van der Waals surface area contributed by atoms with Crippen LogP contribution in [0, 0.1) is 19.3 Å². The first-order valence-electron chi connectivity index (χ1n) is 7.08. The zero-order valence-corrected chi connectivity index (χ0v) is 14.3. The van der Waals surface area contributed by atoms with E-state index in [-0.39, 0.29) is 29.3 Å². The summed E-state index contributed by atoms with van der Waals surface area (Å²) in [6.07, 6.45) is 0. The zero-order valence-electron chi connectivity index (χ0n) is 12.7. The summed E-state index contributed by atoms with van der Waals surface area (Å²) in [5.74, 6) is 0.526. The van der Waals surface area contributed by atoms with Crippen molar-refractivity contribution < 1.29 is 21.8 Å². The van der Waals surface area contributed by atoms with Gasteiger partial charge in [0.25, 0.3) is 0 Å². The monoisotopic (exact) mass is 357 g/mol. The Balaban J connectivity index is 0.00000176. The van der Waals surface area contributed by atoms with Gasteiger partial charge >= 0.3 is 0 Å². The van der Waals surface area contributed by atoms with Crippen LogP contribution >= 0.6 is 0 Å². The van der Waals surface area contributed by atoms with Gasteiger partial charge in [-0.1, -0.05) is 42.0 Å². The highest BCUT2D eigenvalue weighted by Crippen LogP contribution is 2.23. The molecular formula is C18H18BrN2O-. The maximum atomic E-state index is 12.5. The third kappa shape index (κ3) is 2.97. The van der Waals surface area contributed by atoms with Gasteiger partial charge in [-0.2, -0.15) is 0 Å². The number of nitrogens with zero attached hydrogens (tertiary/aromatic N) is 1. The number of carbonyl (C=O) groups excluding carboxylic acids is 1. The molecule has 0 aromatic heterocycles. The van der Waals surface area contributed by atoms with Crippen LogP contribution in [-0.4, -0.2) is 23.1 Å². The minimum absolute atomic E-state index is 0. The number of hydrogen-bond acceptors (Lipinski definition) is 2. The smallest absolute Gasteiger partial charge is 0.182 e. The van der Waals surface area contributed by atoms with Crippen molar-refractivity contribution in [3.63, 3.8) is 0 Å². The highest BCUT2D eigenvalue weighted by molar-refractivity contribution is 6.05. The van der Waals surface area contributed by atoms with Crippen LogP contribution in [0.5, 0.6) is 0 Å². The maximum absolute atomic E-state index is 12.5.